The Balaban J connectivity index is 3.16. The van der Waals surface area contributed by atoms with E-state index in [1.807, 2.05) is 6.92 Å². The standard InChI is InChI=1S/C5H9ClO/c1-5(7-2)3-4-6/h3-5H,1-2H3. The summed E-state index contributed by atoms with van der Waals surface area (Å²) in [5.74, 6) is 0. The highest BCUT2D eigenvalue weighted by Gasteiger charge is 1.86. The van der Waals surface area contributed by atoms with E-state index < -0.39 is 0 Å². The Morgan fingerprint density at radius 1 is 1.71 bits per heavy atom. The van der Waals surface area contributed by atoms with E-state index in [4.69, 9.17) is 16.3 Å². The molecule has 0 aliphatic carbocycles. The van der Waals surface area contributed by atoms with E-state index in [1.54, 1.807) is 13.2 Å². The van der Waals surface area contributed by atoms with Crippen LogP contribution >= 0.6 is 11.6 Å². The van der Waals surface area contributed by atoms with Crippen LogP contribution in [0.5, 0.6) is 0 Å². The number of halogens is 1. The van der Waals surface area contributed by atoms with Crippen molar-refractivity contribution < 1.29 is 4.74 Å². The summed E-state index contributed by atoms with van der Waals surface area (Å²) in [5, 5.41) is 0. The molecule has 0 spiro atoms. The highest BCUT2D eigenvalue weighted by molar-refractivity contribution is 6.25. The van der Waals surface area contributed by atoms with Gasteiger partial charge in [-0.05, 0) is 13.0 Å². The normalized spacial score (nSPS) is 15.3. The van der Waals surface area contributed by atoms with Gasteiger partial charge in [0, 0.05) is 12.6 Å². The molecule has 0 aliphatic rings. The molecule has 42 valence electrons. The summed E-state index contributed by atoms with van der Waals surface area (Å²) < 4.78 is 4.82. The molecule has 0 aromatic heterocycles. The zero-order valence-corrected chi connectivity index (χ0v) is 5.27. The van der Waals surface area contributed by atoms with Gasteiger partial charge in [0.2, 0.25) is 0 Å². The maximum atomic E-state index is 5.21. The van der Waals surface area contributed by atoms with Gasteiger partial charge in [0.1, 0.15) is 0 Å². The summed E-state index contributed by atoms with van der Waals surface area (Å²) in [5.41, 5.74) is 1.45. The molecule has 1 nitrogen and oxygen atoms in total. The quantitative estimate of drug-likeness (QED) is 0.540. The third-order valence-electron chi connectivity index (χ3n) is 0.716. The average molecular weight is 121 g/mol. The fourth-order valence-electron chi connectivity index (χ4n) is 0.181. The average Bonchev–Trinajstić information content (AvgIpc) is 1.68. The highest BCUT2D eigenvalue weighted by atomic mass is 35.5. The summed E-state index contributed by atoms with van der Waals surface area (Å²) in [7, 11) is 1.64. The topological polar surface area (TPSA) is 9.23 Å². The van der Waals surface area contributed by atoms with Crippen LogP contribution in [-0.2, 0) is 4.74 Å². The largest absolute Gasteiger partial charge is 0.378 e. The Bertz CT molecular complexity index is 61.1. The van der Waals surface area contributed by atoms with E-state index >= 15 is 0 Å². The lowest BCUT2D eigenvalue weighted by Gasteiger charge is -1.98. The van der Waals surface area contributed by atoms with Crippen LogP contribution in [0.1, 0.15) is 6.92 Å². The third kappa shape index (κ3) is 3.83. The molecule has 7 heavy (non-hydrogen) atoms. The predicted octanol–water partition coefficient (Wildman–Crippen LogP) is 1.77. The van der Waals surface area contributed by atoms with Gasteiger partial charge in [-0.1, -0.05) is 11.6 Å². The van der Waals surface area contributed by atoms with Gasteiger partial charge < -0.3 is 4.74 Å². The maximum absolute atomic E-state index is 5.21. The monoisotopic (exact) mass is 120 g/mol. The summed E-state index contributed by atoms with van der Waals surface area (Å²) in [6.45, 7) is 1.92. The fourth-order valence-corrected chi connectivity index (χ4v) is 0.386. The van der Waals surface area contributed by atoms with E-state index in [-0.39, 0.29) is 6.10 Å². The van der Waals surface area contributed by atoms with Crippen molar-refractivity contribution in [1.29, 1.82) is 0 Å². The van der Waals surface area contributed by atoms with E-state index in [0.717, 1.165) is 0 Å². The molecule has 0 aliphatic heterocycles. The molecule has 0 saturated carbocycles. The van der Waals surface area contributed by atoms with Gasteiger partial charge >= 0.3 is 0 Å². The molecule has 0 fully saturated rings. The van der Waals surface area contributed by atoms with Crippen LogP contribution in [0, 0.1) is 0 Å². The van der Waals surface area contributed by atoms with Crippen LogP contribution in [0.25, 0.3) is 0 Å². The van der Waals surface area contributed by atoms with Gasteiger partial charge in [0.15, 0.2) is 0 Å². The number of rotatable bonds is 2. The first-order valence-corrected chi connectivity index (χ1v) is 2.54. The van der Waals surface area contributed by atoms with Crippen molar-refractivity contribution in [3.05, 3.63) is 11.6 Å². The van der Waals surface area contributed by atoms with Crippen LogP contribution in [0.4, 0.5) is 0 Å². The van der Waals surface area contributed by atoms with Crippen molar-refractivity contribution in [1.82, 2.24) is 0 Å². The smallest absolute Gasteiger partial charge is 0.0735 e. The molecule has 1 unspecified atom stereocenters. The molecule has 0 bridgehead atoms. The summed E-state index contributed by atoms with van der Waals surface area (Å²) in [6, 6.07) is 0. The van der Waals surface area contributed by atoms with Gasteiger partial charge in [-0.2, -0.15) is 0 Å². The number of methoxy groups -OCH3 is 1. The first-order valence-electron chi connectivity index (χ1n) is 2.11. The SMILES string of the molecule is COC(C)C=CCl. The highest BCUT2D eigenvalue weighted by Crippen LogP contribution is 1.89. The lowest BCUT2D eigenvalue weighted by Crippen LogP contribution is -1.97. The minimum atomic E-state index is 0.137. The van der Waals surface area contributed by atoms with Crippen molar-refractivity contribution in [2.75, 3.05) is 7.11 Å². The first kappa shape index (κ1) is 6.99. The van der Waals surface area contributed by atoms with Gasteiger partial charge in [-0.25, -0.2) is 0 Å². The second-order valence-electron chi connectivity index (χ2n) is 1.26. The second-order valence-corrected chi connectivity index (χ2v) is 1.51. The van der Waals surface area contributed by atoms with Gasteiger partial charge in [0.05, 0.1) is 6.10 Å². The molecule has 2 heteroatoms. The van der Waals surface area contributed by atoms with Crippen molar-refractivity contribution in [2.45, 2.75) is 13.0 Å². The van der Waals surface area contributed by atoms with Crippen molar-refractivity contribution in [2.24, 2.45) is 0 Å². The van der Waals surface area contributed by atoms with E-state index in [9.17, 15) is 0 Å². The van der Waals surface area contributed by atoms with Crippen LogP contribution in [-0.4, -0.2) is 13.2 Å². The zero-order valence-electron chi connectivity index (χ0n) is 4.52. The summed E-state index contributed by atoms with van der Waals surface area (Å²) in [6.07, 6.45) is 1.90. The molecule has 0 saturated heterocycles. The van der Waals surface area contributed by atoms with Crippen molar-refractivity contribution in [3.63, 3.8) is 0 Å². The van der Waals surface area contributed by atoms with Gasteiger partial charge in [-0.15, -0.1) is 0 Å². The zero-order chi connectivity index (χ0) is 5.70. The summed E-state index contributed by atoms with van der Waals surface area (Å²) >= 11 is 5.21. The van der Waals surface area contributed by atoms with Crippen LogP contribution < -0.4 is 0 Å². The molecule has 0 amide bonds. The van der Waals surface area contributed by atoms with Crippen molar-refractivity contribution >= 4 is 11.6 Å². The van der Waals surface area contributed by atoms with Crippen LogP contribution in [0.2, 0.25) is 0 Å². The number of hydrogen-bond donors (Lipinski definition) is 0. The maximum Gasteiger partial charge on any atom is 0.0735 e. The van der Waals surface area contributed by atoms with E-state index in [0.29, 0.717) is 0 Å². The molecular formula is C5H9ClO. The molecule has 0 N–H and O–H groups in total. The Morgan fingerprint density at radius 3 is 2.43 bits per heavy atom. The minimum absolute atomic E-state index is 0.137. The lowest BCUT2D eigenvalue weighted by molar-refractivity contribution is 0.156. The molecule has 0 heterocycles. The Hall–Kier alpha value is -0.0100. The third-order valence-corrected chi connectivity index (χ3v) is 0.861. The van der Waals surface area contributed by atoms with E-state index in [2.05, 4.69) is 0 Å². The van der Waals surface area contributed by atoms with Crippen LogP contribution in [0.3, 0.4) is 0 Å². The first-order chi connectivity index (χ1) is 3.31. The number of hydrogen-bond acceptors (Lipinski definition) is 1. The molecule has 0 radical (unpaired) electrons. The van der Waals surface area contributed by atoms with E-state index in [1.165, 1.54) is 5.54 Å². The van der Waals surface area contributed by atoms with Crippen LogP contribution in [0.15, 0.2) is 11.6 Å². The minimum Gasteiger partial charge on any atom is -0.378 e. The van der Waals surface area contributed by atoms with Gasteiger partial charge in [-0.3, -0.25) is 0 Å². The predicted molar refractivity (Wildman–Crippen MR) is 31.5 cm³/mol. The molecule has 0 aromatic rings. The van der Waals surface area contributed by atoms with Crippen molar-refractivity contribution in [3.8, 4) is 0 Å². The molecule has 1 atom stereocenters. The Kier molecular flexibility index (Phi) is 4.15. The molecular weight excluding hydrogens is 112 g/mol. The lowest BCUT2D eigenvalue weighted by atomic mass is 10.4. The molecule has 0 aromatic carbocycles. The summed E-state index contributed by atoms with van der Waals surface area (Å²) in [4.78, 5) is 0. The van der Waals surface area contributed by atoms with Gasteiger partial charge in [0.25, 0.3) is 0 Å². The fraction of sp³-hybridized carbons (Fsp3) is 0.600. The Labute approximate surface area is 48.9 Å². The molecule has 0 rings (SSSR count). The Morgan fingerprint density at radius 2 is 2.29 bits per heavy atom. The number of ether oxygens (including phenoxy) is 1. The second kappa shape index (κ2) is 4.16.